The van der Waals surface area contributed by atoms with Gasteiger partial charge in [-0.3, -0.25) is 10.1 Å². The van der Waals surface area contributed by atoms with Crippen LogP contribution >= 0.6 is 15.9 Å². The third-order valence-electron chi connectivity index (χ3n) is 1.88. The Morgan fingerprint density at radius 2 is 1.94 bits per heavy atom. The fourth-order valence-electron chi connectivity index (χ4n) is 1.17. The van der Waals surface area contributed by atoms with Gasteiger partial charge in [0.05, 0.1) is 0 Å². The highest BCUT2D eigenvalue weighted by Crippen LogP contribution is 2.12. The molecule has 0 saturated carbocycles. The topological polar surface area (TPSA) is 54.9 Å². The molecule has 0 unspecified atom stereocenters. The van der Waals surface area contributed by atoms with Crippen LogP contribution in [0, 0.1) is 0 Å². The minimum atomic E-state index is -0.229. The first-order valence-electron chi connectivity index (χ1n) is 4.59. The maximum absolute atomic E-state index is 11.8. The Labute approximate surface area is 101 Å². The minimum absolute atomic E-state index is 0.229. The molecule has 0 aliphatic rings. The van der Waals surface area contributed by atoms with Gasteiger partial charge in [0.25, 0.3) is 5.91 Å². The van der Waals surface area contributed by atoms with Crippen LogP contribution in [-0.2, 0) is 0 Å². The SMILES string of the molecule is O=C(Nc1ncccn1)c1cccc(Br)c1. The van der Waals surface area contributed by atoms with Crippen molar-refractivity contribution in [2.24, 2.45) is 0 Å². The molecule has 1 amide bonds. The van der Waals surface area contributed by atoms with Crippen LogP contribution in [0.15, 0.2) is 47.2 Å². The smallest absolute Gasteiger partial charge is 0.258 e. The van der Waals surface area contributed by atoms with E-state index in [-0.39, 0.29) is 5.91 Å². The van der Waals surface area contributed by atoms with Crippen molar-refractivity contribution in [1.82, 2.24) is 9.97 Å². The molecule has 1 heterocycles. The summed E-state index contributed by atoms with van der Waals surface area (Å²) >= 11 is 3.30. The molecule has 0 aliphatic heterocycles. The number of aromatic nitrogens is 2. The largest absolute Gasteiger partial charge is 0.290 e. The van der Waals surface area contributed by atoms with Gasteiger partial charge in [0.15, 0.2) is 0 Å². The van der Waals surface area contributed by atoms with E-state index in [1.807, 2.05) is 6.07 Å². The van der Waals surface area contributed by atoms with Crippen molar-refractivity contribution < 1.29 is 4.79 Å². The first-order chi connectivity index (χ1) is 7.75. The number of nitrogens with zero attached hydrogens (tertiary/aromatic N) is 2. The van der Waals surface area contributed by atoms with E-state index in [2.05, 4.69) is 31.2 Å². The van der Waals surface area contributed by atoms with E-state index in [4.69, 9.17) is 0 Å². The number of hydrogen-bond acceptors (Lipinski definition) is 3. The molecule has 1 aromatic heterocycles. The quantitative estimate of drug-likeness (QED) is 0.918. The summed E-state index contributed by atoms with van der Waals surface area (Å²) in [6.45, 7) is 0. The minimum Gasteiger partial charge on any atom is -0.290 e. The van der Waals surface area contributed by atoms with E-state index in [0.717, 1.165) is 4.47 Å². The third-order valence-corrected chi connectivity index (χ3v) is 2.37. The van der Waals surface area contributed by atoms with Crippen molar-refractivity contribution in [3.05, 3.63) is 52.8 Å². The highest BCUT2D eigenvalue weighted by molar-refractivity contribution is 9.10. The van der Waals surface area contributed by atoms with Gasteiger partial charge in [-0.25, -0.2) is 9.97 Å². The molecule has 0 aliphatic carbocycles. The van der Waals surface area contributed by atoms with Crippen LogP contribution < -0.4 is 5.32 Å². The van der Waals surface area contributed by atoms with Gasteiger partial charge < -0.3 is 0 Å². The lowest BCUT2D eigenvalue weighted by Gasteiger charge is -2.02. The van der Waals surface area contributed by atoms with E-state index >= 15 is 0 Å². The second-order valence-electron chi connectivity index (χ2n) is 3.04. The lowest BCUT2D eigenvalue weighted by molar-refractivity contribution is 0.102. The van der Waals surface area contributed by atoms with Gasteiger partial charge in [-0.05, 0) is 24.3 Å². The van der Waals surface area contributed by atoms with E-state index in [1.165, 1.54) is 0 Å². The zero-order chi connectivity index (χ0) is 11.4. The Kier molecular flexibility index (Phi) is 3.26. The highest BCUT2D eigenvalue weighted by atomic mass is 79.9. The van der Waals surface area contributed by atoms with Gasteiger partial charge in [-0.2, -0.15) is 0 Å². The number of nitrogens with one attached hydrogen (secondary N) is 1. The summed E-state index contributed by atoms with van der Waals surface area (Å²) in [6, 6.07) is 8.80. The Morgan fingerprint density at radius 1 is 1.19 bits per heavy atom. The number of carbonyl (C=O) groups is 1. The van der Waals surface area contributed by atoms with Crippen LogP contribution in [0.2, 0.25) is 0 Å². The lowest BCUT2D eigenvalue weighted by Crippen LogP contribution is -2.13. The molecule has 0 bridgehead atoms. The number of anilines is 1. The van der Waals surface area contributed by atoms with Gasteiger partial charge in [0, 0.05) is 22.4 Å². The fourth-order valence-corrected chi connectivity index (χ4v) is 1.57. The number of amides is 1. The zero-order valence-corrected chi connectivity index (χ0v) is 9.81. The maximum atomic E-state index is 11.8. The molecule has 2 aromatic rings. The summed E-state index contributed by atoms with van der Waals surface area (Å²) in [6.07, 6.45) is 3.15. The third kappa shape index (κ3) is 2.64. The molecule has 0 atom stereocenters. The number of carbonyl (C=O) groups excluding carboxylic acids is 1. The lowest BCUT2D eigenvalue weighted by atomic mass is 10.2. The second-order valence-corrected chi connectivity index (χ2v) is 3.95. The summed E-state index contributed by atoms with van der Waals surface area (Å²) in [7, 11) is 0. The predicted molar refractivity (Wildman–Crippen MR) is 64.1 cm³/mol. The molecule has 0 spiro atoms. The van der Waals surface area contributed by atoms with Crippen LogP contribution in [0.25, 0.3) is 0 Å². The van der Waals surface area contributed by atoms with E-state index in [0.29, 0.717) is 11.5 Å². The maximum Gasteiger partial charge on any atom is 0.258 e. The van der Waals surface area contributed by atoms with Gasteiger partial charge in [0.2, 0.25) is 5.95 Å². The molecular weight excluding hydrogens is 270 g/mol. The predicted octanol–water partition coefficient (Wildman–Crippen LogP) is 2.49. The summed E-state index contributed by atoms with van der Waals surface area (Å²) in [4.78, 5) is 19.6. The van der Waals surface area contributed by atoms with E-state index in [1.54, 1.807) is 36.7 Å². The normalized spacial score (nSPS) is 9.81. The number of benzene rings is 1. The van der Waals surface area contributed by atoms with Crippen molar-refractivity contribution in [2.75, 3.05) is 5.32 Å². The Balaban J connectivity index is 2.15. The highest BCUT2D eigenvalue weighted by Gasteiger charge is 2.06. The Bertz CT molecular complexity index is 502. The van der Waals surface area contributed by atoms with Gasteiger partial charge in [0.1, 0.15) is 0 Å². The van der Waals surface area contributed by atoms with Crippen molar-refractivity contribution in [2.45, 2.75) is 0 Å². The number of rotatable bonds is 2. The fraction of sp³-hybridized carbons (Fsp3) is 0. The first-order valence-corrected chi connectivity index (χ1v) is 5.39. The summed E-state index contributed by atoms with van der Waals surface area (Å²) in [5, 5.41) is 2.60. The van der Waals surface area contributed by atoms with Crippen LogP contribution in [0.5, 0.6) is 0 Å². The monoisotopic (exact) mass is 277 g/mol. The van der Waals surface area contributed by atoms with Crippen LogP contribution in [0.3, 0.4) is 0 Å². The summed E-state index contributed by atoms with van der Waals surface area (Å²) in [5.41, 5.74) is 0.557. The standard InChI is InChI=1S/C11H8BrN3O/c12-9-4-1-3-8(7-9)10(16)15-11-13-5-2-6-14-11/h1-7H,(H,13,14,15,16). The van der Waals surface area contributed by atoms with E-state index < -0.39 is 0 Å². The number of halogens is 1. The van der Waals surface area contributed by atoms with Crippen molar-refractivity contribution in [3.63, 3.8) is 0 Å². The Hall–Kier alpha value is -1.75. The molecule has 5 heteroatoms. The van der Waals surface area contributed by atoms with Gasteiger partial charge in [-0.15, -0.1) is 0 Å². The molecule has 0 saturated heterocycles. The zero-order valence-electron chi connectivity index (χ0n) is 8.22. The Morgan fingerprint density at radius 3 is 2.62 bits per heavy atom. The molecule has 0 fully saturated rings. The molecular formula is C11H8BrN3O. The van der Waals surface area contributed by atoms with Crippen molar-refractivity contribution >= 4 is 27.8 Å². The first kappa shape index (κ1) is 10.8. The van der Waals surface area contributed by atoms with Crippen molar-refractivity contribution in [3.8, 4) is 0 Å². The molecule has 80 valence electrons. The second kappa shape index (κ2) is 4.85. The summed E-state index contributed by atoms with van der Waals surface area (Å²) in [5.74, 6) is 0.0694. The van der Waals surface area contributed by atoms with Crippen molar-refractivity contribution in [1.29, 1.82) is 0 Å². The molecule has 1 aromatic carbocycles. The molecule has 16 heavy (non-hydrogen) atoms. The van der Waals surface area contributed by atoms with Crippen LogP contribution in [0.4, 0.5) is 5.95 Å². The number of hydrogen-bond donors (Lipinski definition) is 1. The van der Waals surface area contributed by atoms with Crippen LogP contribution in [0.1, 0.15) is 10.4 Å². The molecule has 4 nitrogen and oxygen atoms in total. The van der Waals surface area contributed by atoms with Gasteiger partial charge in [-0.1, -0.05) is 22.0 Å². The average Bonchev–Trinajstić information content (AvgIpc) is 2.30. The molecule has 1 N–H and O–H groups in total. The van der Waals surface area contributed by atoms with Crippen LogP contribution in [-0.4, -0.2) is 15.9 Å². The van der Waals surface area contributed by atoms with Gasteiger partial charge >= 0.3 is 0 Å². The average molecular weight is 278 g/mol. The molecule has 0 radical (unpaired) electrons. The van der Waals surface area contributed by atoms with E-state index in [9.17, 15) is 4.79 Å². The molecule has 2 rings (SSSR count). The summed E-state index contributed by atoms with van der Waals surface area (Å²) < 4.78 is 0.856.